The van der Waals surface area contributed by atoms with Crippen molar-refractivity contribution in [2.45, 2.75) is 317 Å². The average molecular weight is 1110 g/mol. The Bertz CT molecular complexity index is 1250. The van der Waals surface area contributed by atoms with Gasteiger partial charge in [-0.05, 0) is 96.6 Å². The number of nitrogens with one attached hydrogen (secondary N) is 2. The highest BCUT2D eigenvalue weighted by Gasteiger charge is 2.20. The molecule has 0 aliphatic carbocycles. The van der Waals surface area contributed by atoms with Crippen LogP contribution in [0.25, 0.3) is 0 Å². The van der Waals surface area contributed by atoms with Gasteiger partial charge in [0, 0.05) is 32.5 Å². The summed E-state index contributed by atoms with van der Waals surface area (Å²) in [6.07, 6.45) is 41.4. The normalized spacial score (nSPS) is 11.4. The first-order valence-corrected chi connectivity index (χ1v) is 32.8. The summed E-state index contributed by atoms with van der Waals surface area (Å²) in [6.45, 7) is 16.9. The number of amides is 2. The highest BCUT2D eigenvalue weighted by atomic mass is 16.7. The first-order chi connectivity index (χ1) is 38.1. The van der Waals surface area contributed by atoms with Gasteiger partial charge in [0.25, 0.3) is 0 Å². The Hall–Kier alpha value is -3.29. The molecule has 0 saturated heterocycles. The fraction of sp³-hybridized carbons (Fsp3) is 0.922. The lowest BCUT2D eigenvalue weighted by atomic mass is 10.0. The molecular weight excluding hydrogens is 987 g/mol. The van der Waals surface area contributed by atoms with Crippen LogP contribution in [-0.4, -0.2) is 107 Å². The predicted octanol–water partition coefficient (Wildman–Crippen LogP) is 17.4. The van der Waals surface area contributed by atoms with Crippen molar-refractivity contribution in [2.75, 3.05) is 59.2 Å². The van der Waals surface area contributed by atoms with Crippen LogP contribution < -0.4 is 10.6 Å². The van der Waals surface area contributed by atoms with Crippen LogP contribution in [0, 0.1) is 5.92 Å². The number of nitrogens with zero attached hydrogens (tertiary/aromatic N) is 1. The van der Waals surface area contributed by atoms with Crippen LogP contribution >= 0.6 is 0 Å². The lowest BCUT2D eigenvalue weighted by molar-refractivity contribution is -0.150. The summed E-state index contributed by atoms with van der Waals surface area (Å²) in [4.78, 5) is 65.7. The monoisotopic (exact) mass is 1110 g/mol. The highest BCUT2D eigenvalue weighted by molar-refractivity contribution is 5.70. The van der Waals surface area contributed by atoms with Gasteiger partial charge >= 0.3 is 30.3 Å². The van der Waals surface area contributed by atoms with E-state index in [1.54, 1.807) is 0 Å². The van der Waals surface area contributed by atoms with Crippen LogP contribution in [0.4, 0.5) is 14.4 Å². The van der Waals surface area contributed by atoms with E-state index >= 15 is 0 Å². The van der Waals surface area contributed by atoms with E-state index in [0.29, 0.717) is 32.4 Å². The van der Waals surface area contributed by atoms with E-state index in [9.17, 15) is 24.0 Å². The quantitative estimate of drug-likeness (QED) is 0.0336. The summed E-state index contributed by atoms with van der Waals surface area (Å²) >= 11 is 0. The molecule has 0 spiro atoms. The van der Waals surface area contributed by atoms with E-state index in [2.05, 4.69) is 57.1 Å². The van der Waals surface area contributed by atoms with Gasteiger partial charge in [-0.3, -0.25) is 9.59 Å². The molecule has 0 aliphatic rings. The second-order valence-corrected chi connectivity index (χ2v) is 22.2. The van der Waals surface area contributed by atoms with E-state index in [4.69, 9.17) is 28.4 Å². The summed E-state index contributed by atoms with van der Waals surface area (Å²) < 4.78 is 33.7. The van der Waals surface area contributed by atoms with Crippen molar-refractivity contribution < 1.29 is 52.4 Å². The van der Waals surface area contributed by atoms with Crippen LogP contribution in [-0.2, 0) is 38.0 Å². The van der Waals surface area contributed by atoms with Crippen LogP contribution in [0.3, 0.4) is 0 Å². The number of hydrogen-bond donors (Lipinski definition) is 2. The number of alkyl carbamates (subject to hydrolysis) is 2. The minimum absolute atomic E-state index is 0.0153. The predicted molar refractivity (Wildman–Crippen MR) is 319 cm³/mol. The number of hydrogen-bond acceptors (Lipinski definition) is 12. The molecule has 78 heavy (non-hydrogen) atoms. The summed E-state index contributed by atoms with van der Waals surface area (Å²) in [6, 6.07) is 0. The molecule has 14 heteroatoms. The summed E-state index contributed by atoms with van der Waals surface area (Å²) in [5.74, 6) is -1.24. The van der Waals surface area contributed by atoms with Gasteiger partial charge in [-0.15, -0.1) is 0 Å². The first kappa shape index (κ1) is 74.7. The molecule has 2 amide bonds. The maximum atomic E-state index is 12.8. The molecule has 0 heterocycles. The topological polar surface area (TPSA) is 168 Å². The summed E-state index contributed by atoms with van der Waals surface area (Å²) in [7, 11) is 0. The Morgan fingerprint density at radius 1 is 0.359 bits per heavy atom. The molecule has 0 fully saturated rings. The number of ether oxygens (including phenoxy) is 6. The van der Waals surface area contributed by atoms with Gasteiger partial charge in [0.2, 0.25) is 0 Å². The molecule has 2 N–H and O–H groups in total. The van der Waals surface area contributed by atoms with Gasteiger partial charge in [0.1, 0.15) is 32.0 Å². The molecule has 0 aromatic carbocycles. The molecule has 0 radical (unpaired) electrons. The van der Waals surface area contributed by atoms with Gasteiger partial charge in [0.05, 0.1) is 12.5 Å². The molecule has 0 saturated carbocycles. The lowest BCUT2D eigenvalue weighted by Gasteiger charge is -2.18. The zero-order valence-corrected chi connectivity index (χ0v) is 51.5. The van der Waals surface area contributed by atoms with Crippen molar-refractivity contribution in [2.24, 2.45) is 5.92 Å². The second kappa shape index (κ2) is 58.4. The second-order valence-electron chi connectivity index (χ2n) is 22.2. The fourth-order valence-electron chi connectivity index (χ4n) is 9.67. The zero-order chi connectivity index (χ0) is 57.2. The van der Waals surface area contributed by atoms with Crippen molar-refractivity contribution in [1.82, 2.24) is 15.5 Å². The molecule has 0 bridgehead atoms. The van der Waals surface area contributed by atoms with Crippen LogP contribution in [0.2, 0.25) is 0 Å². The van der Waals surface area contributed by atoms with Crippen molar-refractivity contribution in [3.63, 3.8) is 0 Å². The van der Waals surface area contributed by atoms with Crippen molar-refractivity contribution in [3.8, 4) is 0 Å². The average Bonchev–Trinajstić information content (AvgIpc) is 3.43. The maximum Gasteiger partial charge on any atom is 0.508 e. The highest BCUT2D eigenvalue weighted by Crippen LogP contribution is 2.19. The summed E-state index contributed by atoms with van der Waals surface area (Å²) in [5.41, 5.74) is 0. The Balaban J connectivity index is 4.71. The Kier molecular flexibility index (Phi) is 55.9. The van der Waals surface area contributed by atoms with Crippen LogP contribution in [0.5, 0.6) is 0 Å². The number of esters is 2. The van der Waals surface area contributed by atoms with Gasteiger partial charge in [0.15, 0.2) is 0 Å². The van der Waals surface area contributed by atoms with Gasteiger partial charge < -0.3 is 44.0 Å². The largest absolute Gasteiger partial charge is 0.508 e. The number of unbranched alkanes of at least 4 members (excludes halogenated alkanes) is 28. The van der Waals surface area contributed by atoms with E-state index in [0.717, 1.165) is 122 Å². The number of carbonyl (C=O) groups excluding carboxylic acids is 5. The number of carbonyl (C=O) groups is 5. The molecule has 0 aliphatic heterocycles. The Morgan fingerprint density at radius 3 is 1.04 bits per heavy atom. The van der Waals surface area contributed by atoms with Crippen molar-refractivity contribution in [3.05, 3.63) is 0 Å². The molecule has 460 valence electrons. The first-order valence-electron chi connectivity index (χ1n) is 32.8. The lowest BCUT2D eigenvalue weighted by Crippen LogP contribution is -2.29. The molecule has 0 rings (SSSR count). The molecule has 14 nitrogen and oxygen atoms in total. The molecular formula is C64H123N3O11. The third-order valence-corrected chi connectivity index (χ3v) is 14.9. The summed E-state index contributed by atoms with van der Waals surface area (Å²) in [5, 5.41) is 5.93. The van der Waals surface area contributed by atoms with E-state index < -0.39 is 12.1 Å². The van der Waals surface area contributed by atoms with E-state index in [-0.39, 0.29) is 75.6 Å². The Morgan fingerprint density at radius 2 is 0.679 bits per heavy atom. The van der Waals surface area contributed by atoms with Gasteiger partial charge in [-0.25, -0.2) is 14.4 Å². The van der Waals surface area contributed by atoms with Gasteiger partial charge in [-0.1, -0.05) is 208 Å². The maximum absolute atomic E-state index is 12.8. The van der Waals surface area contributed by atoms with Crippen LogP contribution in [0.1, 0.15) is 305 Å². The standard InChI is InChI=1S/C64H123N3O11/c1-7-13-17-21-27-35-44-58(45-36-28-22-18-14-8-2)77-62(70)65-50-41-33-25-31-39-48-60(68)74-54-57(56-76-64(72)73-53-43-52-67(11-5)12-6)55-75-61(69)49-40-32-26-34-42-51-66-63(71)78-59(46-37-29-23-19-15-9-3)47-38-30-24-20-16-10-4/h57-59H,7-56H2,1-6H3,(H,65,70)(H,66,71). The van der Waals surface area contributed by atoms with E-state index in [1.807, 2.05) is 0 Å². The number of rotatable bonds is 58. The minimum atomic E-state index is -0.802. The molecule has 0 atom stereocenters. The van der Waals surface area contributed by atoms with E-state index in [1.165, 1.54) is 128 Å². The fourth-order valence-corrected chi connectivity index (χ4v) is 9.67. The minimum Gasteiger partial charge on any atom is -0.465 e. The molecule has 0 unspecified atom stereocenters. The third-order valence-electron chi connectivity index (χ3n) is 14.9. The molecule has 0 aromatic rings. The van der Waals surface area contributed by atoms with Crippen molar-refractivity contribution in [1.29, 1.82) is 0 Å². The third kappa shape index (κ3) is 52.1. The Labute approximate surface area is 478 Å². The van der Waals surface area contributed by atoms with Crippen molar-refractivity contribution >= 4 is 30.3 Å². The smallest absolute Gasteiger partial charge is 0.465 e. The molecule has 0 aromatic heterocycles. The zero-order valence-electron chi connectivity index (χ0n) is 51.5. The van der Waals surface area contributed by atoms with Crippen LogP contribution in [0.15, 0.2) is 0 Å². The SMILES string of the molecule is CCCCCCCCC(CCCCCCCC)OC(=O)NCCCCCCCC(=O)OCC(COC(=O)CCCCCCCNC(=O)OC(CCCCCCCC)CCCCCCCC)COC(=O)OCCCN(CC)CC. The van der Waals surface area contributed by atoms with Gasteiger partial charge in [-0.2, -0.15) is 0 Å².